The molecule has 0 spiro atoms. The molecule has 1 fully saturated rings. The number of hydrogen-bond acceptors (Lipinski definition) is 2. The molecule has 0 aromatic carbocycles. The van der Waals surface area contributed by atoms with Gasteiger partial charge < -0.3 is 4.74 Å². The smallest absolute Gasteiger partial charge is 0.334 e. The Morgan fingerprint density at radius 1 is 1.41 bits per heavy atom. The van der Waals surface area contributed by atoms with Crippen molar-refractivity contribution in [3.8, 4) is 0 Å². The fraction of sp³-hybridized carbons (Fsp3) is 0.667. The Bertz CT molecular complexity index is 403. The Morgan fingerprint density at radius 2 is 2.24 bits per heavy atom. The summed E-state index contributed by atoms with van der Waals surface area (Å²) < 4.78 is 5.49. The van der Waals surface area contributed by atoms with Crippen LogP contribution in [0.15, 0.2) is 23.8 Å². The molecule has 3 rings (SSSR count). The van der Waals surface area contributed by atoms with Gasteiger partial charge in [-0.15, -0.1) is 0 Å². The molecule has 1 unspecified atom stereocenters. The normalized spacial score (nSPS) is 37.3. The summed E-state index contributed by atoms with van der Waals surface area (Å²) in [7, 11) is 0. The van der Waals surface area contributed by atoms with Crippen LogP contribution < -0.4 is 0 Å². The lowest BCUT2D eigenvalue weighted by atomic mass is 9.99. The summed E-state index contributed by atoms with van der Waals surface area (Å²) in [6, 6.07) is 0. The third-order valence-corrected chi connectivity index (χ3v) is 4.84. The van der Waals surface area contributed by atoms with Crippen molar-refractivity contribution in [2.75, 3.05) is 0 Å². The Kier molecular flexibility index (Phi) is 2.42. The molecule has 0 amide bonds. The van der Waals surface area contributed by atoms with Crippen LogP contribution in [0.25, 0.3) is 0 Å². The number of ether oxygens (including phenoxy) is 1. The SMILES string of the molecule is CC1(C)[C@@H]2CC=C(C(=O)OC3C=CCC3)C[C@@H]21. The molecule has 92 valence electrons. The van der Waals surface area contributed by atoms with Gasteiger partial charge in [-0.1, -0.05) is 26.0 Å². The van der Waals surface area contributed by atoms with Crippen molar-refractivity contribution < 1.29 is 9.53 Å². The molecule has 0 N–H and O–H groups in total. The molecule has 3 aliphatic rings. The summed E-state index contributed by atoms with van der Waals surface area (Å²) in [5.74, 6) is 1.42. The zero-order valence-corrected chi connectivity index (χ0v) is 10.6. The van der Waals surface area contributed by atoms with Crippen LogP contribution in [0.4, 0.5) is 0 Å². The highest BCUT2D eigenvalue weighted by Gasteiger charge is 2.58. The van der Waals surface area contributed by atoms with Crippen molar-refractivity contribution >= 4 is 5.97 Å². The van der Waals surface area contributed by atoms with Crippen LogP contribution in [0.2, 0.25) is 0 Å². The number of fused-ring (bicyclic) bond motifs is 1. The Balaban J connectivity index is 1.60. The lowest BCUT2D eigenvalue weighted by Gasteiger charge is -2.14. The van der Waals surface area contributed by atoms with E-state index in [1.165, 1.54) is 0 Å². The highest BCUT2D eigenvalue weighted by atomic mass is 16.5. The molecule has 0 aromatic rings. The molecule has 3 aliphatic carbocycles. The summed E-state index contributed by atoms with van der Waals surface area (Å²) >= 11 is 0. The molecule has 17 heavy (non-hydrogen) atoms. The summed E-state index contributed by atoms with van der Waals surface area (Å²) in [5.41, 5.74) is 1.35. The first-order valence-corrected chi connectivity index (χ1v) is 6.65. The number of rotatable bonds is 2. The van der Waals surface area contributed by atoms with Gasteiger partial charge in [0.2, 0.25) is 0 Å². The molecule has 2 heteroatoms. The van der Waals surface area contributed by atoms with Crippen LogP contribution >= 0.6 is 0 Å². The second kappa shape index (κ2) is 3.72. The zero-order chi connectivity index (χ0) is 12.0. The third-order valence-electron chi connectivity index (χ3n) is 4.84. The Labute approximate surface area is 103 Å². The minimum Gasteiger partial charge on any atom is -0.455 e. The summed E-state index contributed by atoms with van der Waals surface area (Å²) in [4.78, 5) is 12.0. The van der Waals surface area contributed by atoms with E-state index in [1.54, 1.807) is 0 Å². The molecule has 0 aliphatic heterocycles. The molecule has 0 radical (unpaired) electrons. The van der Waals surface area contributed by atoms with Crippen LogP contribution in [0.3, 0.4) is 0 Å². The van der Waals surface area contributed by atoms with Gasteiger partial charge in [-0.2, -0.15) is 0 Å². The number of carbonyl (C=O) groups excluding carboxylic acids is 1. The molecule has 3 atom stereocenters. The highest BCUT2D eigenvalue weighted by Crippen LogP contribution is 2.64. The zero-order valence-electron chi connectivity index (χ0n) is 10.6. The van der Waals surface area contributed by atoms with Crippen LogP contribution in [0, 0.1) is 17.3 Å². The van der Waals surface area contributed by atoms with E-state index in [0.29, 0.717) is 11.3 Å². The minimum atomic E-state index is -0.0808. The van der Waals surface area contributed by atoms with E-state index in [0.717, 1.165) is 37.2 Å². The third kappa shape index (κ3) is 1.84. The number of esters is 1. The summed E-state index contributed by atoms with van der Waals surface area (Å²) in [6.45, 7) is 4.62. The van der Waals surface area contributed by atoms with E-state index >= 15 is 0 Å². The number of hydrogen-bond donors (Lipinski definition) is 0. The van der Waals surface area contributed by atoms with E-state index in [-0.39, 0.29) is 12.1 Å². The maximum atomic E-state index is 12.0. The van der Waals surface area contributed by atoms with Gasteiger partial charge >= 0.3 is 5.97 Å². The van der Waals surface area contributed by atoms with Crippen molar-refractivity contribution in [3.63, 3.8) is 0 Å². The van der Waals surface area contributed by atoms with Gasteiger partial charge in [0.25, 0.3) is 0 Å². The number of allylic oxidation sites excluding steroid dienone is 2. The lowest BCUT2D eigenvalue weighted by Crippen LogP contribution is -2.17. The van der Waals surface area contributed by atoms with Crippen molar-refractivity contribution in [3.05, 3.63) is 23.8 Å². The predicted molar refractivity (Wildman–Crippen MR) is 66.3 cm³/mol. The van der Waals surface area contributed by atoms with E-state index in [1.807, 2.05) is 6.08 Å². The quantitative estimate of drug-likeness (QED) is 0.539. The van der Waals surface area contributed by atoms with Crippen molar-refractivity contribution in [1.29, 1.82) is 0 Å². The molecule has 0 aromatic heterocycles. The molecule has 1 saturated carbocycles. The van der Waals surface area contributed by atoms with Crippen molar-refractivity contribution in [2.45, 2.75) is 45.6 Å². The molecular weight excluding hydrogens is 212 g/mol. The average Bonchev–Trinajstić information content (AvgIpc) is 2.70. The van der Waals surface area contributed by atoms with Gasteiger partial charge in [-0.3, -0.25) is 0 Å². The largest absolute Gasteiger partial charge is 0.455 e. The van der Waals surface area contributed by atoms with Gasteiger partial charge in [-0.05, 0) is 49.0 Å². The average molecular weight is 232 g/mol. The van der Waals surface area contributed by atoms with Gasteiger partial charge in [0.15, 0.2) is 0 Å². The van der Waals surface area contributed by atoms with E-state index in [2.05, 4.69) is 26.0 Å². The van der Waals surface area contributed by atoms with Crippen molar-refractivity contribution in [2.24, 2.45) is 17.3 Å². The molecule has 0 saturated heterocycles. The summed E-state index contributed by atoms with van der Waals surface area (Å²) in [5, 5.41) is 0. The Morgan fingerprint density at radius 3 is 2.88 bits per heavy atom. The second-order valence-electron chi connectivity index (χ2n) is 6.15. The number of carbonyl (C=O) groups is 1. The highest BCUT2D eigenvalue weighted by molar-refractivity contribution is 5.89. The van der Waals surface area contributed by atoms with E-state index in [9.17, 15) is 4.79 Å². The lowest BCUT2D eigenvalue weighted by molar-refractivity contribution is -0.142. The van der Waals surface area contributed by atoms with E-state index < -0.39 is 0 Å². The standard InChI is InChI=1S/C15H20O2/c1-15(2)12-8-7-10(9-13(12)15)14(16)17-11-5-3-4-6-11/h3,5,7,11-13H,4,6,8-9H2,1-2H3/t11?,12-,13+/m1/s1. The minimum absolute atomic E-state index is 0.0216. The fourth-order valence-electron chi connectivity index (χ4n) is 3.40. The Hall–Kier alpha value is -1.05. The van der Waals surface area contributed by atoms with Crippen LogP contribution in [-0.4, -0.2) is 12.1 Å². The van der Waals surface area contributed by atoms with Gasteiger partial charge in [0.1, 0.15) is 6.10 Å². The van der Waals surface area contributed by atoms with E-state index in [4.69, 9.17) is 4.74 Å². The molecular formula is C15H20O2. The van der Waals surface area contributed by atoms with Crippen LogP contribution in [0.1, 0.15) is 39.5 Å². The fourth-order valence-corrected chi connectivity index (χ4v) is 3.40. The molecule has 0 heterocycles. The first-order chi connectivity index (χ1) is 8.09. The first kappa shape index (κ1) is 11.1. The molecule has 2 nitrogen and oxygen atoms in total. The van der Waals surface area contributed by atoms with Gasteiger partial charge in [-0.25, -0.2) is 4.79 Å². The maximum Gasteiger partial charge on any atom is 0.334 e. The predicted octanol–water partition coefficient (Wildman–Crippen LogP) is 3.24. The topological polar surface area (TPSA) is 26.3 Å². The monoisotopic (exact) mass is 232 g/mol. The first-order valence-electron chi connectivity index (χ1n) is 6.65. The summed E-state index contributed by atoms with van der Waals surface area (Å²) in [6.07, 6.45) is 10.2. The van der Waals surface area contributed by atoms with Gasteiger partial charge in [0.05, 0.1) is 0 Å². The maximum absolute atomic E-state index is 12.0. The van der Waals surface area contributed by atoms with Crippen molar-refractivity contribution in [1.82, 2.24) is 0 Å². The van der Waals surface area contributed by atoms with Gasteiger partial charge in [0, 0.05) is 5.57 Å². The molecule has 0 bridgehead atoms. The van der Waals surface area contributed by atoms with Crippen LogP contribution in [0.5, 0.6) is 0 Å². The second-order valence-corrected chi connectivity index (χ2v) is 6.15. The van der Waals surface area contributed by atoms with Crippen LogP contribution in [-0.2, 0) is 9.53 Å².